The third-order valence-electron chi connectivity index (χ3n) is 3.96. The largest absolute Gasteiger partial charge is 0.493 e. The van der Waals surface area contributed by atoms with Gasteiger partial charge in [0.15, 0.2) is 17.5 Å². The van der Waals surface area contributed by atoms with Crippen LogP contribution in [0, 0.1) is 0 Å². The van der Waals surface area contributed by atoms with Crippen LogP contribution in [0.4, 0.5) is 5.69 Å². The van der Waals surface area contributed by atoms with Gasteiger partial charge in [-0.2, -0.15) is 0 Å². The van der Waals surface area contributed by atoms with E-state index >= 15 is 0 Å². The first-order chi connectivity index (χ1) is 12.2. The van der Waals surface area contributed by atoms with E-state index in [0.29, 0.717) is 24.0 Å². The van der Waals surface area contributed by atoms with Crippen LogP contribution in [-0.2, 0) is 6.54 Å². The highest BCUT2D eigenvalue weighted by molar-refractivity contribution is 5.93. The first kappa shape index (κ1) is 16.6. The number of rotatable bonds is 5. The summed E-state index contributed by atoms with van der Waals surface area (Å²) >= 11 is 0. The molecular formula is C20H21N3O2. The summed E-state index contributed by atoms with van der Waals surface area (Å²) in [6, 6.07) is 19.9. The predicted octanol–water partition coefficient (Wildman–Crippen LogP) is 3.78. The van der Waals surface area contributed by atoms with E-state index in [1.54, 1.807) is 14.2 Å². The van der Waals surface area contributed by atoms with E-state index in [9.17, 15) is 0 Å². The van der Waals surface area contributed by atoms with Gasteiger partial charge in [-0.1, -0.05) is 42.5 Å². The molecule has 3 aromatic carbocycles. The summed E-state index contributed by atoms with van der Waals surface area (Å²) < 4.78 is 10.5. The molecule has 0 aliphatic heterocycles. The summed E-state index contributed by atoms with van der Waals surface area (Å²) in [7, 11) is 3.20. The molecule has 5 nitrogen and oxygen atoms in total. The van der Waals surface area contributed by atoms with Gasteiger partial charge >= 0.3 is 0 Å². The van der Waals surface area contributed by atoms with Gasteiger partial charge in [0.1, 0.15) is 0 Å². The standard InChI is InChI=1S/C20H21N3O2/c1-24-18-11-10-16(12-19(18)25-2)23-20(21)22-13-15-8-5-7-14-6-3-4-9-17(14)15/h3-12H,13H2,1-2H3,(H3,21,22,23). The molecule has 0 radical (unpaired) electrons. The maximum atomic E-state index is 6.03. The van der Waals surface area contributed by atoms with Crippen LogP contribution in [0.1, 0.15) is 5.56 Å². The normalized spacial score (nSPS) is 11.4. The second-order valence-corrected chi connectivity index (χ2v) is 5.53. The van der Waals surface area contributed by atoms with Crippen molar-refractivity contribution in [2.75, 3.05) is 19.5 Å². The second-order valence-electron chi connectivity index (χ2n) is 5.53. The fourth-order valence-electron chi connectivity index (χ4n) is 2.70. The molecule has 0 atom stereocenters. The zero-order valence-electron chi connectivity index (χ0n) is 14.3. The molecule has 0 bridgehead atoms. The fourth-order valence-corrected chi connectivity index (χ4v) is 2.70. The first-order valence-electron chi connectivity index (χ1n) is 7.97. The lowest BCUT2D eigenvalue weighted by Gasteiger charge is -2.11. The van der Waals surface area contributed by atoms with Crippen LogP contribution in [0.15, 0.2) is 65.7 Å². The average Bonchev–Trinajstić information content (AvgIpc) is 2.66. The molecule has 5 heteroatoms. The molecule has 0 unspecified atom stereocenters. The van der Waals surface area contributed by atoms with Crippen molar-refractivity contribution >= 4 is 22.4 Å². The minimum atomic E-state index is 0.347. The Morgan fingerprint density at radius 1 is 0.960 bits per heavy atom. The molecule has 0 aliphatic rings. The van der Waals surface area contributed by atoms with Gasteiger partial charge in [-0.25, -0.2) is 4.99 Å². The summed E-state index contributed by atoms with van der Waals surface area (Å²) in [6.07, 6.45) is 0. The Morgan fingerprint density at radius 3 is 2.52 bits per heavy atom. The molecule has 0 amide bonds. The Morgan fingerprint density at radius 2 is 1.72 bits per heavy atom. The summed E-state index contributed by atoms with van der Waals surface area (Å²) in [6.45, 7) is 0.507. The molecule has 0 aromatic heterocycles. The summed E-state index contributed by atoms with van der Waals surface area (Å²) in [5.74, 6) is 1.65. The summed E-state index contributed by atoms with van der Waals surface area (Å²) in [4.78, 5) is 4.45. The number of hydrogen-bond acceptors (Lipinski definition) is 3. The average molecular weight is 335 g/mol. The summed E-state index contributed by atoms with van der Waals surface area (Å²) in [5, 5.41) is 5.46. The van der Waals surface area contributed by atoms with Gasteiger partial charge in [0.2, 0.25) is 0 Å². The molecule has 0 aliphatic carbocycles. The molecule has 128 valence electrons. The van der Waals surface area contributed by atoms with Crippen LogP contribution in [0.5, 0.6) is 11.5 Å². The second kappa shape index (κ2) is 7.57. The number of fused-ring (bicyclic) bond motifs is 1. The fraction of sp³-hybridized carbons (Fsp3) is 0.150. The molecule has 3 N–H and O–H groups in total. The van der Waals surface area contributed by atoms with Gasteiger partial charge in [-0.05, 0) is 28.5 Å². The van der Waals surface area contributed by atoms with Crippen molar-refractivity contribution in [2.24, 2.45) is 10.7 Å². The molecule has 3 aromatic rings. The van der Waals surface area contributed by atoms with Gasteiger partial charge in [-0.15, -0.1) is 0 Å². The van der Waals surface area contributed by atoms with Crippen LogP contribution >= 0.6 is 0 Å². The van der Waals surface area contributed by atoms with Crippen LogP contribution in [0.3, 0.4) is 0 Å². The number of nitrogens with two attached hydrogens (primary N) is 1. The monoisotopic (exact) mass is 335 g/mol. The Labute approximate surface area is 147 Å². The molecular weight excluding hydrogens is 314 g/mol. The quantitative estimate of drug-likeness (QED) is 0.550. The number of anilines is 1. The summed E-state index contributed by atoms with van der Waals surface area (Å²) in [5.41, 5.74) is 7.95. The lowest BCUT2D eigenvalue weighted by Crippen LogP contribution is -2.22. The number of nitrogens with zero attached hydrogens (tertiary/aromatic N) is 1. The molecule has 0 saturated heterocycles. The number of benzene rings is 3. The van der Waals surface area contributed by atoms with Crippen molar-refractivity contribution in [1.29, 1.82) is 0 Å². The Hall–Kier alpha value is -3.21. The van der Waals surface area contributed by atoms with Crippen molar-refractivity contribution in [2.45, 2.75) is 6.54 Å². The van der Waals surface area contributed by atoms with Gasteiger partial charge < -0.3 is 20.5 Å². The lowest BCUT2D eigenvalue weighted by molar-refractivity contribution is 0.355. The number of hydrogen-bond donors (Lipinski definition) is 2. The van der Waals surface area contributed by atoms with E-state index in [1.807, 2.05) is 36.4 Å². The van der Waals surface area contributed by atoms with E-state index < -0.39 is 0 Å². The van der Waals surface area contributed by atoms with Crippen molar-refractivity contribution < 1.29 is 9.47 Å². The first-order valence-corrected chi connectivity index (χ1v) is 7.97. The number of methoxy groups -OCH3 is 2. The highest BCUT2D eigenvalue weighted by atomic mass is 16.5. The minimum Gasteiger partial charge on any atom is -0.493 e. The molecule has 0 heterocycles. The van der Waals surface area contributed by atoms with Gasteiger partial charge in [0.25, 0.3) is 0 Å². The van der Waals surface area contributed by atoms with E-state index in [0.717, 1.165) is 11.3 Å². The number of nitrogens with one attached hydrogen (secondary N) is 1. The lowest BCUT2D eigenvalue weighted by atomic mass is 10.1. The van der Waals surface area contributed by atoms with Gasteiger partial charge in [-0.3, -0.25) is 0 Å². The van der Waals surface area contributed by atoms with Crippen LogP contribution in [0.25, 0.3) is 10.8 Å². The third kappa shape index (κ3) is 3.83. The van der Waals surface area contributed by atoms with Crippen LogP contribution in [0.2, 0.25) is 0 Å². The van der Waals surface area contributed by atoms with E-state index in [4.69, 9.17) is 15.2 Å². The Balaban J connectivity index is 1.76. The maximum Gasteiger partial charge on any atom is 0.193 e. The zero-order chi connectivity index (χ0) is 17.6. The van der Waals surface area contributed by atoms with Gasteiger partial charge in [0, 0.05) is 11.8 Å². The molecule has 25 heavy (non-hydrogen) atoms. The molecule has 0 spiro atoms. The van der Waals surface area contributed by atoms with Crippen LogP contribution in [-0.4, -0.2) is 20.2 Å². The van der Waals surface area contributed by atoms with Gasteiger partial charge in [0.05, 0.1) is 20.8 Å². The third-order valence-corrected chi connectivity index (χ3v) is 3.96. The predicted molar refractivity (Wildman–Crippen MR) is 102 cm³/mol. The van der Waals surface area contributed by atoms with Crippen molar-refractivity contribution in [3.05, 3.63) is 66.2 Å². The zero-order valence-corrected chi connectivity index (χ0v) is 14.3. The SMILES string of the molecule is COc1ccc(NC(N)=NCc2cccc3ccccc23)cc1OC. The Kier molecular flexibility index (Phi) is 5.04. The number of aliphatic imine (C=N–C) groups is 1. The van der Waals surface area contributed by atoms with E-state index in [-0.39, 0.29) is 0 Å². The topological polar surface area (TPSA) is 68.9 Å². The minimum absolute atomic E-state index is 0.347. The smallest absolute Gasteiger partial charge is 0.193 e. The van der Waals surface area contributed by atoms with Crippen molar-refractivity contribution in [3.8, 4) is 11.5 Å². The van der Waals surface area contributed by atoms with Crippen molar-refractivity contribution in [3.63, 3.8) is 0 Å². The number of guanidine groups is 1. The Bertz CT molecular complexity index is 901. The van der Waals surface area contributed by atoms with E-state index in [2.05, 4.69) is 34.6 Å². The highest BCUT2D eigenvalue weighted by Crippen LogP contribution is 2.29. The van der Waals surface area contributed by atoms with Crippen molar-refractivity contribution in [1.82, 2.24) is 0 Å². The molecule has 0 saturated carbocycles. The molecule has 0 fully saturated rings. The van der Waals surface area contributed by atoms with E-state index in [1.165, 1.54) is 10.8 Å². The highest BCUT2D eigenvalue weighted by Gasteiger charge is 2.05. The number of ether oxygens (including phenoxy) is 2. The molecule has 3 rings (SSSR count). The van der Waals surface area contributed by atoms with Crippen LogP contribution < -0.4 is 20.5 Å². The maximum absolute atomic E-state index is 6.03.